The van der Waals surface area contributed by atoms with Gasteiger partial charge in [0.25, 0.3) is 0 Å². The number of amides is 1. The average molecular weight is 665 g/mol. The summed E-state index contributed by atoms with van der Waals surface area (Å²) in [6.45, 7) is 7.73. The number of anilines is 1. The Balaban J connectivity index is 1.14. The van der Waals surface area contributed by atoms with E-state index >= 15 is 0 Å². The van der Waals surface area contributed by atoms with Crippen molar-refractivity contribution in [3.63, 3.8) is 0 Å². The standard InChI is InChI=1S/C36H38N7O2S2/c1-4-41(5-2)28-14-18-31-33(22-28)43(27-9-7-6-8-10-27)32-21-26(13-17-30(32)37-31)39-38-25-11-15-29(16-12-25)45-36(44)42-20-19-40(3)34-23-46-47-24-35(34)42/h6-18,21-22,34-35H,4-5,19-20,23-24H2,1-3H3/q+1/t34?,35-/m0/s1. The maximum atomic E-state index is 13.1. The van der Waals surface area contributed by atoms with Gasteiger partial charge in [-0.3, -0.25) is 4.90 Å². The van der Waals surface area contributed by atoms with Gasteiger partial charge in [0.2, 0.25) is 16.7 Å². The number of hydrogen-bond donors (Lipinski definition) is 0. The van der Waals surface area contributed by atoms with Crippen LogP contribution in [-0.2, 0) is 0 Å². The molecule has 11 heteroatoms. The number of likely N-dealkylation sites (N-methyl/N-ethyl adjacent to an activating group) is 1. The number of rotatable bonds is 7. The molecule has 1 aromatic heterocycles. The molecule has 0 bridgehead atoms. The van der Waals surface area contributed by atoms with Gasteiger partial charge in [-0.1, -0.05) is 39.8 Å². The molecule has 2 atom stereocenters. The zero-order valence-electron chi connectivity index (χ0n) is 26.8. The minimum absolute atomic E-state index is 0.167. The number of para-hydroxylation sites is 1. The van der Waals surface area contributed by atoms with Crippen molar-refractivity contribution in [2.24, 2.45) is 10.2 Å². The van der Waals surface area contributed by atoms with E-state index in [-0.39, 0.29) is 12.1 Å². The first-order valence-electron chi connectivity index (χ1n) is 16.1. The smallest absolute Gasteiger partial charge is 0.410 e. The second kappa shape index (κ2) is 13.9. The van der Waals surface area contributed by atoms with E-state index in [1.165, 1.54) is 0 Å². The molecule has 2 aliphatic rings. The fourth-order valence-corrected chi connectivity index (χ4v) is 9.15. The monoisotopic (exact) mass is 664 g/mol. The van der Waals surface area contributed by atoms with E-state index in [2.05, 4.69) is 88.0 Å². The number of fused-ring (bicyclic) bond motifs is 3. The second-order valence-corrected chi connectivity index (χ2v) is 14.3. The molecule has 0 radical (unpaired) electrons. The fourth-order valence-electron chi connectivity index (χ4n) is 6.39. The first-order valence-corrected chi connectivity index (χ1v) is 18.6. The van der Waals surface area contributed by atoms with Gasteiger partial charge in [0.05, 0.1) is 17.4 Å². The summed E-state index contributed by atoms with van der Waals surface area (Å²) in [6.07, 6.45) is -0.289. The summed E-state index contributed by atoms with van der Waals surface area (Å²) in [5.74, 6) is 2.43. The van der Waals surface area contributed by atoms with Crippen molar-refractivity contribution in [3.05, 3.63) is 91.0 Å². The molecule has 3 heterocycles. The molecule has 1 unspecified atom stereocenters. The van der Waals surface area contributed by atoms with Crippen molar-refractivity contribution in [3.8, 4) is 11.4 Å². The SMILES string of the molecule is CCN(CC)c1ccc2nc3ccc(/N=N\c4ccc(OC(=O)N5CCN(C)C6CSSC[C@@H]65)cc4)cc3[n+](-c3ccccc3)c2c1. The van der Waals surface area contributed by atoms with Gasteiger partial charge in [0.15, 0.2) is 0 Å². The maximum Gasteiger partial charge on any atom is 0.415 e. The molecule has 0 saturated carbocycles. The van der Waals surface area contributed by atoms with Crippen LogP contribution in [0.4, 0.5) is 21.9 Å². The first-order chi connectivity index (χ1) is 23.0. The lowest BCUT2D eigenvalue weighted by molar-refractivity contribution is -0.538. The number of azo groups is 1. The van der Waals surface area contributed by atoms with Crippen molar-refractivity contribution >= 4 is 66.8 Å². The molecule has 1 amide bonds. The summed E-state index contributed by atoms with van der Waals surface area (Å²) in [5.41, 5.74) is 7.37. The van der Waals surface area contributed by atoms with Crippen LogP contribution < -0.4 is 14.2 Å². The number of nitrogens with zero attached hydrogens (tertiary/aromatic N) is 7. The number of ether oxygens (including phenoxy) is 1. The number of benzene rings is 4. The topological polar surface area (TPSA) is 77.5 Å². The molecule has 0 aliphatic carbocycles. The van der Waals surface area contributed by atoms with Crippen LogP contribution >= 0.6 is 21.6 Å². The predicted octanol–water partition coefficient (Wildman–Crippen LogP) is 7.80. The fraction of sp³-hybridized carbons (Fsp3) is 0.306. The molecule has 0 spiro atoms. The maximum absolute atomic E-state index is 13.1. The third-order valence-electron chi connectivity index (χ3n) is 9.01. The van der Waals surface area contributed by atoms with Crippen LogP contribution in [-0.4, -0.2) is 77.7 Å². The van der Waals surface area contributed by atoms with Gasteiger partial charge >= 0.3 is 6.09 Å². The van der Waals surface area contributed by atoms with Gasteiger partial charge in [-0.05, 0) is 69.4 Å². The van der Waals surface area contributed by atoms with E-state index in [0.29, 0.717) is 29.7 Å². The number of carbonyl (C=O) groups is 1. The molecule has 9 nitrogen and oxygen atoms in total. The highest BCUT2D eigenvalue weighted by Gasteiger charge is 2.40. The van der Waals surface area contributed by atoms with Crippen molar-refractivity contribution in [2.75, 3.05) is 49.6 Å². The number of hydrogen-bond acceptors (Lipinski definition) is 9. The van der Waals surface area contributed by atoms with Gasteiger partial charge in [-0.25, -0.2) is 9.78 Å². The molecule has 2 saturated heterocycles. The van der Waals surface area contributed by atoms with E-state index in [9.17, 15) is 4.79 Å². The summed E-state index contributed by atoms with van der Waals surface area (Å²) in [7, 11) is 5.85. The summed E-state index contributed by atoms with van der Waals surface area (Å²) in [6, 6.07) is 30.5. The molecular weight excluding hydrogens is 627 g/mol. The van der Waals surface area contributed by atoms with Gasteiger partial charge < -0.3 is 14.5 Å². The lowest BCUT2D eigenvalue weighted by atomic mass is 10.1. The lowest BCUT2D eigenvalue weighted by Gasteiger charge is -2.47. The van der Waals surface area contributed by atoms with Crippen molar-refractivity contribution in [2.45, 2.75) is 25.9 Å². The molecule has 4 aromatic carbocycles. The Labute approximate surface area is 283 Å². The van der Waals surface area contributed by atoms with Gasteiger partial charge in [0, 0.05) is 73.7 Å². The van der Waals surface area contributed by atoms with Gasteiger partial charge in [-0.2, -0.15) is 10.2 Å². The van der Waals surface area contributed by atoms with Crippen LogP contribution in [0.2, 0.25) is 0 Å². The Morgan fingerprint density at radius 1 is 0.851 bits per heavy atom. The normalized spacial score (nSPS) is 18.5. The summed E-state index contributed by atoms with van der Waals surface area (Å²) in [5, 5.41) is 9.09. The molecule has 2 aliphatic heterocycles. The Bertz CT molecular complexity index is 1920. The minimum atomic E-state index is -0.289. The molecule has 240 valence electrons. The number of aromatic nitrogens is 2. The highest BCUT2D eigenvalue weighted by atomic mass is 33.1. The summed E-state index contributed by atoms with van der Waals surface area (Å²) < 4.78 is 8.05. The second-order valence-electron chi connectivity index (χ2n) is 11.7. The van der Waals surface area contributed by atoms with Crippen LogP contribution in [0.3, 0.4) is 0 Å². The zero-order valence-corrected chi connectivity index (χ0v) is 28.5. The van der Waals surface area contributed by atoms with Crippen LogP contribution in [0.5, 0.6) is 5.75 Å². The zero-order chi connectivity index (χ0) is 32.3. The predicted molar refractivity (Wildman–Crippen MR) is 193 cm³/mol. The van der Waals surface area contributed by atoms with E-state index < -0.39 is 0 Å². The van der Waals surface area contributed by atoms with E-state index in [1.807, 2.05) is 62.9 Å². The third kappa shape index (κ3) is 6.52. The molecule has 47 heavy (non-hydrogen) atoms. The molecule has 0 N–H and O–H groups in total. The van der Waals surface area contributed by atoms with E-state index in [1.54, 1.807) is 12.1 Å². The van der Waals surface area contributed by atoms with Crippen molar-refractivity contribution in [1.29, 1.82) is 0 Å². The Morgan fingerprint density at radius 3 is 2.26 bits per heavy atom. The Morgan fingerprint density at radius 2 is 1.51 bits per heavy atom. The van der Waals surface area contributed by atoms with Crippen LogP contribution in [0.25, 0.3) is 27.8 Å². The Hall–Kier alpha value is -4.19. The van der Waals surface area contributed by atoms with Crippen LogP contribution in [0.15, 0.2) is 101 Å². The first kappa shape index (κ1) is 31.4. The third-order valence-corrected chi connectivity index (χ3v) is 11.4. The van der Waals surface area contributed by atoms with Gasteiger partial charge in [0.1, 0.15) is 16.8 Å². The quantitative estimate of drug-likeness (QED) is 0.0761. The minimum Gasteiger partial charge on any atom is -0.410 e. The van der Waals surface area contributed by atoms with Crippen LogP contribution in [0, 0.1) is 0 Å². The van der Waals surface area contributed by atoms with Crippen molar-refractivity contribution < 1.29 is 14.1 Å². The van der Waals surface area contributed by atoms with E-state index in [4.69, 9.17) is 9.72 Å². The van der Waals surface area contributed by atoms with Crippen molar-refractivity contribution in [1.82, 2.24) is 14.8 Å². The largest absolute Gasteiger partial charge is 0.415 e. The summed E-state index contributed by atoms with van der Waals surface area (Å²) in [4.78, 5) is 24.7. The van der Waals surface area contributed by atoms with Crippen LogP contribution in [0.1, 0.15) is 13.8 Å². The molecule has 7 rings (SSSR count). The Kier molecular flexibility index (Phi) is 9.28. The molecular formula is C36H38N7O2S2+. The average Bonchev–Trinajstić information content (AvgIpc) is 3.11. The molecule has 2 fully saturated rings. The highest BCUT2D eigenvalue weighted by Crippen LogP contribution is 2.36. The highest BCUT2D eigenvalue weighted by molar-refractivity contribution is 8.76. The van der Waals surface area contributed by atoms with E-state index in [0.717, 1.165) is 64.6 Å². The number of piperazine rings is 1. The lowest BCUT2D eigenvalue weighted by Crippen LogP contribution is -2.63. The van der Waals surface area contributed by atoms with Gasteiger partial charge in [-0.15, -0.1) is 4.57 Å². The number of carbonyl (C=O) groups excluding carboxylic acids is 1. The summed E-state index contributed by atoms with van der Waals surface area (Å²) >= 11 is 0. The molecule has 5 aromatic rings.